The van der Waals surface area contributed by atoms with E-state index in [0.717, 1.165) is 5.69 Å². The third-order valence-electron chi connectivity index (χ3n) is 2.89. The number of nitrogens with one attached hydrogen (secondary N) is 1. The zero-order valence-electron chi connectivity index (χ0n) is 11.4. The van der Waals surface area contributed by atoms with Gasteiger partial charge in [0.05, 0.1) is 11.4 Å². The average Bonchev–Trinajstić information content (AvgIpc) is 2.42. The molecule has 0 aliphatic rings. The highest BCUT2D eigenvalue weighted by molar-refractivity contribution is 6.06. The highest BCUT2D eigenvalue weighted by atomic mass is 19.1. The van der Waals surface area contributed by atoms with Crippen molar-refractivity contribution in [1.82, 2.24) is 0 Å². The third-order valence-corrected chi connectivity index (χ3v) is 2.89. The van der Waals surface area contributed by atoms with Gasteiger partial charge in [-0.25, -0.2) is 4.39 Å². The Morgan fingerprint density at radius 2 is 1.95 bits per heavy atom. The maximum atomic E-state index is 13.0. The van der Waals surface area contributed by atoms with E-state index in [-0.39, 0.29) is 11.6 Å². The maximum Gasteiger partial charge on any atom is 0.255 e. The van der Waals surface area contributed by atoms with Gasteiger partial charge < -0.3 is 16.0 Å². The van der Waals surface area contributed by atoms with Crippen LogP contribution in [0.4, 0.5) is 21.5 Å². The van der Waals surface area contributed by atoms with E-state index in [1.54, 1.807) is 18.2 Å². The van der Waals surface area contributed by atoms with Gasteiger partial charge in [-0.15, -0.1) is 0 Å². The number of rotatable bonds is 3. The monoisotopic (exact) mass is 273 g/mol. The second-order valence-corrected chi connectivity index (χ2v) is 4.63. The number of benzene rings is 2. The summed E-state index contributed by atoms with van der Waals surface area (Å²) in [5.74, 6) is -0.720. The van der Waals surface area contributed by atoms with Crippen LogP contribution in [0.2, 0.25) is 0 Å². The molecule has 0 saturated heterocycles. The summed E-state index contributed by atoms with van der Waals surface area (Å²) in [6.45, 7) is 0. The number of nitrogens with two attached hydrogens (primary N) is 1. The summed E-state index contributed by atoms with van der Waals surface area (Å²) in [6.07, 6.45) is 0. The number of carbonyl (C=O) groups excluding carboxylic acids is 1. The normalized spacial score (nSPS) is 10.2. The van der Waals surface area contributed by atoms with Crippen LogP contribution >= 0.6 is 0 Å². The minimum atomic E-state index is -0.435. The van der Waals surface area contributed by atoms with Gasteiger partial charge in [0.25, 0.3) is 5.91 Å². The summed E-state index contributed by atoms with van der Waals surface area (Å²) < 4.78 is 13.0. The van der Waals surface area contributed by atoms with Gasteiger partial charge >= 0.3 is 0 Å². The maximum absolute atomic E-state index is 13.0. The van der Waals surface area contributed by atoms with Crippen LogP contribution in [0.5, 0.6) is 0 Å². The smallest absolute Gasteiger partial charge is 0.255 e. The Kier molecular flexibility index (Phi) is 3.89. The van der Waals surface area contributed by atoms with Gasteiger partial charge in [-0.2, -0.15) is 0 Å². The van der Waals surface area contributed by atoms with Gasteiger partial charge in [-0.05, 0) is 36.4 Å². The summed E-state index contributed by atoms with van der Waals surface area (Å²) in [6, 6.07) is 11.1. The molecule has 2 rings (SSSR count). The van der Waals surface area contributed by atoms with E-state index in [1.165, 1.54) is 18.2 Å². The molecule has 0 unspecified atom stereocenters. The van der Waals surface area contributed by atoms with Gasteiger partial charge in [-0.3, -0.25) is 4.79 Å². The lowest BCUT2D eigenvalue weighted by Crippen LogP contribution is -2.15. The first-order valence-corrected chi connectivity index (χ1v) is 6.11. The van der Waals surface area contributed by atoms with Crippen molar-refractivity contribution in [2.45, 2.75) is 0 Å². The third kappa shape index (κ3) is 3.06. The van der Waals surface area contributed by atoms with Gasteiger partial charge in [-0.1, -0.05) is 6.07 Å². The van der Waals surface area contributed by atoms with Crippen LogP contribution < -0.4 is 16.0 Å². The minimum absolute atomic E-state index is 0.196. The van der Waals surface area contributed by atoms with Crippen molar-refractivity contribution in [3.8, 4) is 0 Å². The van der Waals surface area contributed by atoms with Crippen molar-refractivity contribution >= 4 is 23.0 Å². The Morgan fingerprint density at radius 1 is 1.20 bits per heavy atom. The fraction of sp³-hybridized carbons (Fsp3) is 0.133. The van der Waals surface area contributed by atoms with E-state index >= 15 is 0 Å². The van der Waals surface area contributed by atoms with Crippen molar-refractivity contribution in [2.24, 2.45) is 0 Å². The second-order valence-electron chi connectivity index (χ2n) is 4.63. The molecule has 1 amide bonds. The van der Waals surface area contributed by atoms with Gasteiger partial charge in [0.2, 0.25) is 0 Å². The standard InChI is InChI=1S/C15H16FN3O/c1-19(2)12-5-3-4-10(8-12)15(20)18-14-7-6-11(16)9-13(14)17/h3-9H,17H2,1-2H3,(H,18,20). The van der Waals surface area contributed by atoms with Crippen LogP contribution in [0.25, 0.3) is 0 Å². The molecule has 0 aliphatic heterocycles. The number of nitrogen functional groups attached to an aromatic ring is 1. The first-order chi connectivity index (χ1) is 9.47. The second kappa shape index (κ2) is 5.61. The van der Waals surface area contributed by atoms with Crippen LogP contribution in [-0.4, -0.2) is 20.0 Å². The predicted octanol–water partition coefficient (Wildman–Crippen LogP) is 2.73. The van der Waals surface area contributed by atoms with Crippen LogP contribution in [0.15, 0.2) is 42.5 Å². The first-order valence-electron chi connectivity index (χ1n) is 6.11. The molecule has 0 aromatic heterocycles. The molecule has 2 aromatic rings. The highest BCUT2D eigenvalue weighted by Gasteiger charge is 2.09. The van der Waals surface area contributed by atoms with E-state index in [9.17, 15) is 9.18 Å². The van der Waals surface area contributed by atoms with Crippen molar-refractivity contribution in [3.05, 3.63) is 53.8 Å². The Labute approximate surface area is 117 Å². The molecule has 0 aliphatic carbocycles. The number of carbonyl (C=O) groups is 1. The Bertz CT molecular complexity index is 641. The Morgan fingerprint density at radius 3 is 2.60 bits per heavy atom. The van der Waals surface area contributed by atoms with Crippen molar-refractivity contribution in [3.63, 3.8) is 0 Å². The lowest BCUT2D eigenvalue weighted by Gasteiger charge is -2.14. The van der Waals surface area contributed by atoms with Gasteiger partial charge in [0, 0.05) is 25.3 Å². The summed E-state index contributed by atoms with van der Waals surface area (Å²) >= 11 is 0. The van der Waals surface area contributed by atoms with Gasteiger partial charge in [0.15, 0.2) is 0 Å². The molecule has 4 nitrogen and oxygen atoms in total. The molecule has 0 atom stereocenters. The summed E-state index contributed by atoms with van der Waals surface area (Å²) in [5, 5.41) is 2.67. The largest absolute Gasteiger partial charge is 0.397 e. The average molecular weight is 273 g/mol. The quantitative estimate of drug-likeness (QED) is 0.845. The van der Waals surface area contributed by atoms with Crippen molar-refractivity contribution in [2.75, 3.05) is 30.0 Å². The van der Waals surface area contributed by atoms with Crippen molar-refractivity contribution < 1.29 is 9.18 Å². The van der Waals surface area contributed by atoms with E-state index in [0.29, 0.717) is 11.3 Å². The number of nitrogens with zero attached hydrogens (tertiary/aromatic N) is 1. The lowest BCUT2D eigenvalue weighted by atomic mass is 10.1. The number of halogens is 1. The zero-order chi connectivity index (χ0) is 14.7. The molecule has 0 radical (unpaired) electrons. The lowest BCUT2D eigenvalue weighted by molar-refractivity contribution is 0.102. The topological polar surface area (TPSA) is 58.4 Å². The van der Waals surface area contributed by atoms with E-state index < -0.39 is 5.82 Å². The first kappa shape index (κ1) is 13.9. The molecule has 0 fully saturated rings. The zero-order valence-corrected chi connectivity index (χ0v) is 11.4. The number of amides is 1. The summed E-state index contributed by atoms with van der Waals surface area (Å²) in [5.41, 5.74) is 7.69. The SMILES string of the molecule is CN(C)c1cccc(C(=O)Nc2ccc(F)cc2N)c1. The minimum Gasteiger partial charge on any atom is -0.397 e. The molecule has 0 spiro atoms. The van der Waals surface area contributed by atoms with Crippen molar-refractivity contribution in [1.29, 1.82) is 0 Å². The Balaban J connectivity index is 2.21. The molecule has 0 bridgehead atoms. The molecule has 2 aromatic carbocycles. The molecule has 0 saturated carbocycles. The summed E-state index contributed by atoms with van der Waals surface area (Å²) in [4.78, 5) is 14.1. The predicted molar refractivity (Wildman–Crippen MR) is 79.5 cm³/mol. The molecule has 104 valence electrons. The molecule has 5 heteroatoms. The van der Waals surface area contributed by atoms with Gasteiger partial charge in [0.1, 0.15) is 5.82 Å². The number of anilines is 3. The molecular weight excluding hydrogens is 257 g/mol. The molecular formula is C15H16FN3O. The summed E-state index contributed by atoms with van der Waals surface area (Å²) in [7, 11) is 3.80. The molecule has 3 N–H and O–H groups in total. The fourth-order valence-electron chi connectivity index (χ4n) is 1.77. The van der Waals surface area contributed by atoms with E-state index in [4.69, 9.17) is 5.73 Å². The van der Waals surface area contributed by atoms with E-state index in [1.807, 2.05) is 25.1 Å². The Hall–Kier alpha value is -2.56. The van der Waals surface area contributed by atoms with Crippen LogP contribution in [0.1, 0.15) is 10.4 Å². The van der Waals surface area contributed by atoms with Crippen LogP contribution in [0, 0.1) is 5.82 Å². The number of hydrogen-bond donors (Lipinski definition) is 2. The van der Waals surface area contributed by atoms with Crippen LogP contribution in [-0.2, 0) is 0 Å². The highest BCUT2D eigenvalue weighted by Crippen LogP contribution is 2.21. The molecule has 20 heavy (non-hydrogen) atoms. The van der Waals surface area contributed by atoms with E-state index in [2.05, 4.69) is 5.32 Å². The fourth-order valence-corrected chi connectivity index (χ4v) is 1.77. The molecule has 0 heterocycles. The number of hydrogen-bond acceptors (Lipinski definition) is 3. The van der Waals surface area contributed by atoms with Crippen LogP contribution in [0.3, 0.4) is 0 Å².